The lowest BCUT2D eigenvalue weighted by molar-refractivity contribution is -0.119. The highest BCUT2D eigenvalue weighted by molar-refractivity contribution is 7.05. The van der Waals surface area contributed by atoms with Crippen LogP contribution in [0.1, 0.15) is 31.2 Å². The predicted octanol–water partition coefficient (Wildman–Crippen LogP) is 3.95. The minimum absolute atomic E-state index is 0.0332. The van der Waals surface area contributed by atoms with Gasteiger partial charge in [0, 0.05) is 63.0 Å². The van der Waals surface area contributed by atoms with Crippen molar-refractivity contribution in [1.29, 1.82) is 0 Å². The lowest BCUT2D eigenvalue weighted by atomic mass is 10.0. The van der Waals surface area contributed by atoms with Crippen molar-refractivity contribution in [2.24, 2.45) is 5.92 Å². The second kappa shape index (κ2) is 9.47. The predicted molar refractivity (Wildman–Crippen MR) is 127 cm³/mol. The summed E-state index contributed by atoms with van der Waals surface area (Å²) in [6.07, 6.45) is 5.30. The summed E-state index contributed by atoms with van der Waals surface area (Å²) in [5.41, 5.74) is 2.10. The van der Waals surface area contributed by atoms with Crippen molar-refractivity contribution in [3.8, 4) is 11.4 Å². The Morgan fingerprint density at radius 2 is 2.16 bits per heavy atom. The molecule has 2 aliphatic heterocycles. The lowest BCUT2D eigenvalue weighted by Crippen LogP contribution is -2.35. The van der Waals surface area contributed by atoms with E-state index in [1.807, 2.05) is 12.1 Å². The molecular weight excluding hydrogens is 446 g/mol. The van der Waals surface area contributed by atoms with Crippen LogP contribution in [0, 0.1) is 5.92 Å². The third kappa shape index (κ3) is 4.69. The molecule has 0 aliphatic carbocycles. The number of hydrogen-bond acceptors (Lipinski definition) is 6. The first-order chi connectivity index (χ1) is 15.6. The van der Waals surface area contributed by atoms with Crippen LogP contribution in [-0.4, -0.2) is 57.1 Å². The molecule has 7 nitrogen and oxygen atoms in total. The Labute approximate surface area is 196 Å². The maximum atomic E-state index is 11.3. The zero-order valence-corrected chi connectivity index (χ0v) is 19.8. The van der Waals surface area contributed by atoms with Gasteiger partial charge in [0.05, 0.1) is 17.1 Å². The smallest absolute Gasteiger partial charge is 0.217 e. The first-order valence-corrected chi connectivity index (χ1v) is 12.4. The number of nitrogens with zero attached hydrogens (tertiary/aromatic N) is 4. The molecular formula is C23H28ClN5O2S. The number of hydrogen-bond donors (Lipinski definition) is 1. The summed E-state index contributed by atoms with van der Waals surface area (Å²) >= 11 is 8.08. The molecule has 0 unspecified atom stereocenters. The monoisotopic (exact) mass is 473 g/mol. The van der Waals surface area contributed by atoms with E-state index in [1.165, 1.54) is 11.5 Å². The summed E-state index contributed by atoms with van der Waals surface area (Å²) in [4.78, 5) is 18.5. The molecule has 0 saturated carbocycles. The SMILES string of the molecule is CC(=O)N[C@@H]1CCN(Cc2nc(-c3cn(CC4CCOCC4)c4c(Cl)cccc34)ns2)C1. The zero-order chi connectivity index (χ0) is 22.1. The highest BCUT2D eigenvalue weighted by atomic mass is 35.5. The molecule has 2 aromatic heterocycles. The molecule has 32 heavy (non-hydrogen) atoms. The van der Waals surface area contributed by atoms with Gasteiger partial charge < -0.3 is 14.6 Å². The van der Waals surface area contributed by atoms with E-state index >= 15 is 0 Å². The first-order valence-electron chi connectivity index (χ1n) is 11.2. The van der Waals surface area contributed by atoms with E-state index < -0.39 is 0 Å². The van der Waals surface area contributed by atoms with Gasteiger partial charge >= 0.3 is 0 Å². The van der Waals surface area contributed by atoms with E-state index in [0.29, 0.717) is 5.92 Å². The molecule has 170 valence electrons. The minimum atomic E-state index is 0.0332. The number of halogens is 1. The molecule has 1 N–H and O–H groups in total. The molecule has 4 heterocycles. The molecule has 2 saturated heterocycles. The number of aromatic nitrogens is 3. The van der Waals surface area contributed by atoms with E-state index in [4.69, 9.17) is 25.7 Å². The lowest BCUT2D eigenvalue weighted by Gasteiger charge is -2.23. The molecule has 2 fully saturated rings. The van der Waals surface area contributed by atoms with E-state index in [1.54, 1.807) is 6.92 Å². The summed E-state index contributed by atoms with van der Waals surface area (Å²) in [6, 6.07) is 6.28. The van der Waals surface area contributed by atoms with Gasteiger partial charge in [-0.05, 0) is 42.8 Å². The number of carbonyl (C=O) groups excluding carboxylic acids is 1. The number of rotatable bonds is 6. The number of amides is 1. The van der Waals surface area contributed by atoms with Gasteiger partial charge in [-0.25, -0.2) is 4.98 Å². The van der Waals surface area contributed by atoms with Crippen molar-refractivity contribution < 1.29 is 9.53 Å². The second-order valence-electron chi connectivity index (χ2n) is 8.82. The maximum absolute atomic E-state index is 11.3. The van der Waals surface area contributed by atoms with Crippen LogP contribution in [-0.2, 0) is 22.6 Å². The van der Waals surface area contributed by atoms with Gasteiger partial charge in [0.1, 0.15) is 5.01 Å². The van der Waals surface area contributed by atoms with Crippen molar-refractivity contribution in [1.82, 2.24) is 24.1 Å². The van der Waals surface area contributed by atoms with Gasteiger partial charge in [0.15, 0.2) is 5.82 Å². The van der Waals surface area contributed by atoms with Gasteiger partial charge in [0.25, 0.3) is 0 Å². The molecule has 5 rings (SSSR count). The second-order valence-corrected chi connectivity index (χ2v) is 10.1. The fraction of sp³-hybridized carbons (Fsp3) is 0.522. The summed E-state index contributed by atoms with van der Waals surface area (Å²) in [5, 5.41) is 5.87. The highest BCUT2D eigenvalue weighted by Crippen LogP contribution is 2.35. The molecule has 9 heteroatoms. The number of fused-ring (bicyclic) bond motifs is 1. The quantitative estimate of drug-likeness (QED) is 0.586. The van der Waals surface area contributed by atoms with Crippen molar-refractivity contribution in [2.75, 3.05) is 26.3 Å². The number of para-hydroxylation sites is 1. The van der Waals surface area contributed by atoms with Crippen LogP contribution >= 0.6 is 23.1 Å². The Morgan fingerprint density at radius 3 is 2.97 bits per heavy atom. The number of nitrogens with one attached hydrogen (secondary N) is 1. The number of ether oxygens (including phenoxy) is 1. The molecule has 1 atom stereocenters. The Kier molecular flexibility index (Phi) is 6.46. The zero-order valence-electron chi connectivity index (χ0n) is 18.2. The van der Waals surface area contributed by atoms with Crippen LogP contribution in [0.3, 0.4) is 0 Å². The normalized spacial score (nSPS) is 20.2. The largest absolute Gasteiger partial charge is 0.381 e. The number of benzene rings is 1. The van der Waals surface area contributed by atoms with E-state index in [-0.39, 0.29) is 11.9 Å². The molecule has 0 radical (unpaired) electrons. The highest BCUT2D eigenvalue weighted by Gasteiger charge is 2.25. The van der Waals surface area contributed by atoms with E-state index in [9.17, 15) is 4.79 Å². The number of likely N-dealkylation sites (tertiary alicyclic amines) is 1. The fourth-order valence-electron chi connectivity index (χ4n) is 4.85. The van der Waals surface area contributed by atoms with Crippen molar-refractivity contribution in [3.63, 3.8) is 0 Å². The van der Waals surface area contributed by atoms with Crippen LogP contribution in [0.4, 0.5) is 0 Å². The van der Waals surface area contributed by atoms with Gasteiger partial charge in [0.2, 0.25) is 5.91 Å². The molecule has 3 aromatic rings. The van der Waals surface area contributed by atoms with Gasteiger partial charge in [-0.1, -0.05) is 23.7 Å². The third-order valence-corrected chi connectivity index (χ3v) is 7.39. The molecule has 0 spiro atoms. The molecule has 2 aliphatic rings. The van der Waals surface area contributed by atoms with Crippen LogP contribution in [0.5, 0.6) is 0 Å². The van der Waals surface area contributed by atoms with Crippen LogP contribution in [0.25, 0.3) is 22.3 Å². The van der Waals surface area contributed by atoms with Crippen LogP contribution < -0.4 is 5.32 Å². The van der Waals surface area contributed by atoms with E-state index in [0.717, 1.165) is 91.0 Å². The number of carbonyl (C=O) groups is 1. The Hall–Kier alpha value is -2.00. The molecule has 1 amide bonds. The standard InChI is InChI=1S/C23H28ClN5O2S/c1-15(30)25-17-5-8-28(12-17)14-21-26-23(27-32-21)19-13-29(11-16-6-9-31-10-7-16)22-18(19)3-2-4-20(22)24/h2-4,13,16-17H,5-12,14H2,1H3,(H,25,30)/t17-/m1/s1. The van der Waals surface area contributed by atoms with Crippen molar-refractivity contribution in [3.05, 3.63) is 34.4 Å². The first kappa shape index (κ1) is 21.8. The fourth-order valence-corrected chi connectivity index (χ4v) is 5.83. The molecule has 0 bridgehead atoms. The topological polar surface area (TPSA) is 72.3 Å². The van der Waals surface area contributed by atoms with Gasteiger partial charge in [-0.2, -0.15) is 4.37 Å². The third-order valence-electron chi connectivity index (χ3n) is 6.39. The van der Waals surface area contributed by atoms with Crippen molar-refractivity contribution >= 4 is 39.9 Å². The van der Waals surface area contributed by atoms with Crippen molar-refractivity contribution in [2.45, 2.75) is 45.3 Å². The maximum Gasteiger partial charge on any atom is 0.217 e. The average Bonchev–Trinajstić information content (AvgIpc) is 3.49. The Bertz CT molecular complexity index is 1110. The summed E-state index contributed by atoms with van der Waals surface area (Å²) < 4.78 is 12.5. The Morgan fingerprint density at radius 1 is 1.31 bits per heavy atom. The minimum Gasteiger partial charge on any atom is -0.381 e. The summed E-state index contributed by atoms with van der Waals surface area (Å²) in [7, 11) is 0. The van der Waals surface area contributed by atoms with E-state index in [2.05, 4.69) is 27.0 Å². The van der Waals surface area contributed by atoms with Crippen LogP contribution in [0.15, 0.2) is 24.4 Å². The summed E-state index contributed by atoms with van der Waals surface area (Å²) in [6.45, 7) is 6.74. The van der Waals surface area contributed by atoms with Gasteiger partial charge in [-0.3, -0.25) is 9.69 Å². The average molecular weight is 474 g/mol. The van der Waals surface area contributed by atoms with Gasteiger partial charge in [-0.15, -0.1) is 0 Å². The summed E-state index contributed by atoms with van der Waals surface area (Å²) in [5.74, 6) is 1.39. The van der Waals surface area contributed by atoms with Crippen LogP contribution in [0.2, 0.25) is 5.02 Å². The Balaban J connectivity index is 1.36. The molecule has 1 aromatic carbocycles.